The van der Waals surface area contributed by atoms with Crippen LogP contribution in [0.15, 0.2) is 48.8 Å². The Labute approximate surface area is 144 Å². The molecule has 0 aliphatic carbocycles. The van der Waals surface area contributed by atoms with Crippen LogP contribution in [-0.4, -0.2) is 58.0 Å². The second-order valence-electron chi connectivity index (χ2n) is 6.15. The molecule has 1 aromatic carbocycles. The van der Waals surface area contributed by atoms with Crippen molar-refractivity contribution in [3.63, 3.8) is 0 Å². The van der Waals surface area contributed by atoms with E-state index in [2.05, 4.69) is 0 Å². The van der Waals surface area contributed by atoms with E-state index in [4.69, 9.17) is 4.74 Å². The van der Waals surface area contributed by atoms with Crippen LogP contribution in [0, 0.1) is 0 Å². The molecule has 3 heterocycles. The van der Waals surface area contributed by atoms with Gasteiger partial charge >= 0.3 is 6.09 Å². The molecule has 1 aromatic heterocycles. The van der Waals surface area contributed by atoms with E-state index in [-0.39, 0.29) is 24.5 Å². The second kappa shape index (κ2) is 6.08. The molecule has 0 saturated carbocycles. The molecule has 4 rings (SSSR count). The van der Waals surface area contributed by atoms with Gasteiger partial charge < -0.3 is 14.2 Å². The summed E-state index contributed by atoms with van der Waals surface area (Å²) in [6.45, 7) is 0.656. The highest BCUT2D eigenvalue weighted by Crippen LogP contribution is 2.22. The maximum Gasteiger partial charge on any atom is 0.417 e. The van der Waals surface area contributed by atoms with Crippen molar-refractivity contribution in [2.45, 2.75) is 12.5 Å². The Morgan fingerprint density at radius 3 is 2.44 bits per heavy atom. The molecule has 3 amide bonds. The van der Waals surface area contributed by atoms with Crippen molar-refractivity contribution in [3.05, 3.63) is 54.4 Å². The van der Waals surface area contributed by atoms with Gasteiger partial charge in [0.1, 0.15) is 0 Å². The summed E-state index contributed by atoms with van der Waals surface area (Å²) in [5.74, 6) is -0.429. The number of aromatic nitrogens is 1. The van der Waals surface area contributed by atoms with Crippen molar-refractivity contribution in [2.75, 3.05) is 19.7 Å². The molecule has 7 heteroatoms. The molecule has 7 nitrogen and oxygen atoms in total. The summed E-state index contributed by atoms with van der Waals surface area (Å²) in [5, 5.41) is 0. The van der Waals surface area contributed by atoms with E-state index < -0.39 is 6.09 Å². The number of carbonyl (C=O) groups excluding carboxylic acids is 3. The SMILES string of the molecule is O=C(c1ccc(-n2cccc2)cc1)N1CCC(N2C(=O)COC2=O)C1. The fourth-order valence-corrected chi connectivity index (χ4v) is 3.32. The first-order valence-electron chi connectivity index (χ1n) is 8.15. The second-order valence-corrected chi connectivity index (χ2v) is 6.15. The van der Waals surface area contributed by atoms with Crippen LogP contribution in [0.3, 0.4) is 0 Å². The summed E-state index contributed by atoms with van der Waals surface area (Å²) in [6.07, 6.45) is 3.84. The quantitative estimate of drug-likeness (QED) is 0.853. The Morgan fingerprint density at radius 1 is 1.08 bits per heavy atom. The van der Waals surface area contributed by atoms with Crippen LogP contribution in [0.1, 0.15) is 16.8 Å². The van der Waals surface area contributed by atoms with E-state index in [1.165, 1.54) is 0 Å². The van der Waals surface area contributed by atoms with Crippen molar-refractivity contribution in [2.24, 2.45) is 0 Å². The smallest absolute Gasteiger partial charge is 0.417 e. The summed E-state index contributed by atoms with van der Waals surface area (Å²) in [5.41, 5.74) is 1.57. The topological polar surface area (TPSA) is 71.8 Å². The third kappa shape index (κ3) is 2.77. The number of hydrogen-bond acceptors (Lipinski definition) is 4. The lowest BCUT2D eigenvalue weighted by Crippen LogP contribution is -2.42. The first-order chi connectivity index (χ1) is 12.1. The molecular formula is C18H17N3O4. The zero-order valence-corrected chi connectivity index (χ0v) is 13.5. The van der Waals surface area contributed by atoms with E-state index in [9.17, 15) is 14.4 Å². The van der Waals surface area contributed by atoms with Gasteiger partial charge in [-0.2, -0.15) is 0 Å². The third-order valence-electron chi connectivity index (χ3n) is 4.62. The molecule has 0 N–H and O–H groups in total. The van der Waals surface area contributed by atoms with Crippen molar-refractivity contribution >= 4 is 17.9 Å². The van der Waals surface area contributed by atoms with Gasteiger partial charge in [-0.25, -0.2) is 9.69 Å². The van der Waals surface area contributed by atoms with Crippen LogP contribution in [0.25, 0.3) is 5.69 Å². The average molecular weight is 339 g/mol. The van der Waals surface area contributed by atoms with Crippen LogP contribution in [-0.2, 0) is 9.53 Å². The Bertz CT molecular complexity index is 797. The minimum Gasteiger partial charge on any atom is -0.439 e. The molecule has 2 aliphatic rings. The lowest BCUT2D eigenvalue weighted by atomic mass is 10.2. The first-order valence-corrected chi connectivity index (χ1v) is 8.15. The Morgan fingerprint density at radius 2 is 1.80 bits per heavy atom. The maximum atomic E-state index is 12.7. The average Bonchev–Trinajstić information content (AvgIpc) is 3.36. The van der Waals surface area contributed by atoms with Crippen molar-refractivity contribution < 1.29 is 19.1 Å². The highest BCUT2D eigenvalue weighted by atomic mass is 16.6. The van der Waals surface area contributed by atoms with Crippen molar-refractivity contribution in [1.82, 2.24) is 14.4 Å². The highest BCUT2D eigenvalue weighted by molar-refractivity contribution is 5.98. The number of hydrogen-bond donors (Lipinski definition) is 0. The molecule has 0 radical (unpaired) electrons. The predicted molar refractivity (Wildman–Crippen MR) is 88.3 cm³/mol. The molecule has 2 fully saturated rings. The fourth-order valence-electron chi connectivity index (χ4n) is 3.32. The summed E-state index contributed by atoms with van der Waals surface area (Å²) in [4.78, 5) is 38.9. The summed E-state index contributed by atoms with van der Waals surface area (Å²) in [6, 6.07) is 10.9. The summed E-state index contributed by atoms with van der Waals surface area (Å²) < 4.78 is 6.71. The Hall–Kier alpha value is -3.09. The van der Waals surface area contributed by atoms with Gasteiger partial charge in [-0.05, 0) is 42.8 Å². The number of rotatable bonds is 3. The molecule has 1 atom stereocenters. The van der Waals surface area contributed by atoms with Crippen LogP contribution in [0.5, 0.6) is 0 Å². The van der Waals surface area contributed by atoms with Gasteiger partial charge in [0.2, 0.25) is 0 Å². The van der Waals surface area contributed by atoms with E-state index in [0.29, 0.717) is 25.1 Å². The van der Waals surface area contributed by atoms with Crippen LogP contribution in [0.2, 0.25) is 0 Å². The number of likely N-dealkylation sites (tertiary alicyclic amines) is 1. The molecule has 25 heavy (non-hydrogen) atoms. The molecule has 0 spiro atoms. The van der Waals surface area contributed by atoms with E-state index in [1.54, 1.807) is 17.0 Å². The summed E-state index contributed by atoms with van der Waals surface area (Å²) >= 11 is 0. The number of cyclic esters (lactones) is 1. The standard InChI is InChI=1S/C18H17N3O4/c22-16-12-25-18(24)21(16)15-7-10-20(11-15)17(23)13-3-5-14(6-4-13)19-8-1-2-9-19/h1-6,8-9,15H,7,10-12H2. The maximum absolute atomic E-state index is 12.7. The third-order valence-corrected chi connectivity index (χ3v) is 4.62. The molecule has 2 saturated heterocycles. The molecule has 0 bridgehead atoms. The van der Waals surface area contributed by atoms with Gasteiger partial charge in [0.15, 0.2) is 6.61 Å². The molecular weight excluding hydrogens is 322 g/mol. The minimum atomic E-state index is -0.611. The van der Waals surface area contributed by atoms with Crippen LogP contribution < -0.4 is 0 Å². The molecule has 2 aromatic rings. The number of ether oxygens (including phenoxy) is 1. The van der Waals surface area contributed by atoms with Gasteiger partial charge in [0.05, 0.1) is 6.04 Å². The van der Waals surface area contributed by atoms with Gasteiger partial charge in [0, 0.05) is 36.7 Å². The van der Waals surface area contributed by atoms with Crippen LogP contribution in [0.4, 0.5) is 4.79 Å². The summed E-state index contributed by atoms with van der Waals surface area (Å²) in [7, 11) is 0. The van der Waals surface area contributed by atoms with E-state index >= 15 is 0 Å². The number of carbonyl (C=O) groups is 3. The highest BCUT2D eigenvalue weighted by Gasteiger charge is 2.41. The number of benzene rings is 1. The zero-order chi connectivity index (χ0) is 17.4. The van der Waals surface area contributed by atoms with Crippen LogP contribution >= 0.6 is 0 Å². The van der Waals surface area contributed by atoms with Gasteiger partial charge in [0.25, 0.3) is 11.8 Å². The number of imide groups is 1. The van der Waals surface area contributed by atoms with Crippen molar-refractivity contribution in [1.29, 1.82) is 0 Å². The van der Waals surface area contributed by atoms with Crippen molar-refractivity contribution in [3.8, 4) is 5.69 Å². The first kappa shape index (κ1) is 15.4. The number of amides is 3. The number of nitrogens with zero attached hydrogens (tertiary/aromatic N) is 3. The van der Waals surface area contributed by atoms with E-state index in [1.807, 2.05) is 41.2 Å². The zero-order valence-electron chi connectivity index (χ0n) is 13.5. The lowest BCUT2D eigenvalue weighted by Gasteiger charge is -2.20. The largest absolute Gasteiger partial charge is 0.439 e. The van der Waals surface area contributed by atoms with Gasteiger partial charge in [-0.1, -0.05) is 0 Å². The lowest BCUT2D eigenvalue weighted by molar-refractivity contribution is -0.127. The minimum absolute atomic E-state index is 0.0958. The normalized spacial score (nSPS) is 20.2. The van der Waals surface area contributed by atoms with E-state index in [0.717, 1.165) is 10.6 Å². The van der Waals surface area contributed by atoms with Gasteiger partial charge in [-0.3, -0.25) is 9.59 Å². The monoisotopic (exact) mass is 339 g/mol. The predicted octanol–water partition coefficient (Wildman–Crippen LogP) is 1.67. The Kier molecular flexibility index (Phi) is 3.76. The fraction of sp³-hybridized carbons (Fsp3) is 0.278. The Balaban J connectivity index is 1.45. The molecule has 2 aliphatic heterocycles. The molecule has 128 valence electrons. The van der Waals surface area contributed by atoms with Gasteiger partial charge in [-0.15, -0.1) is 0 Å². The molecule has 1 unspecified atom stereocenters.